The zero-order chi connectivity index (χ0) is 9.36. The molecule has 0 bridgehead atoms. The molecule has 0 aromatic carbocycles. The van der Waals surface area contributed by atoms with Gasteiger partial charge in [-0.1, -0.05) is 70.6 Å². The van der Waals surface area contributed by atoms with E-state index in [9.17, 15) is 0 Å². The lowest BCUT2D eigenvalue weighted by molar-refractivity contribution is 0.447. The molecule has 0 saturated heterocycles. The van der Waals surface area contributed by atoms with E-state index in [1.807, 2.05) is 0 Å². The molecule has 0 spiro atoms. The van der Waals surface area contributed by atoms with E-state index in [-0.39, 0.29) is 0 Å². The Kier molecular flexibility index (Phi) is 6.31. The largest absolute Gasteiger partial charge is 0.0533 e. The molecule has 0 nitrogen and oxygen atoms in total. The van der Waals surface area contributed by atoms with Crippen LogP contribution in [0, 0.1) is 12.8 Å². The minimum Gasteiger partial charge on any atom is -0.0533 e. The molecule has 0 aliphatic heterocycles. The number of hydrogen-bond acceptors (Lipinski definition) is 0. The quantitative estimate of drug-likeness (QED) is 0.510. The third-order valence-electron chi connectivity index (χ3n) is 3.15. The molecule has 0 unspecified atom stereocenters. The van der Waals surface area contributed by atoms with Crippen LogP contribution >= 0.6 is 0 Å². The molecule has 0 amide bonds. The highest BCUT2D eigenvalue weighted by molar-refractivity contribution is 4.62. The summed E-state index contributed by atoms with van der Waals surface area (Å²) in [6, 6.07) is 0. The molecular weight excluding hydrogens is 156 g/mol. The van der Waals surface area contributed by atoms with Crippen molar-refractivity contribution in [2.45, 2.75) is 70.6 Å². The van der Waals surface area contributed by atoms with Gasteiger partial charge in [0.25, 0.3) is 0 Å². The topological polar surface area (TPSA) is 0 Å². The summed E-state index contributed by atoms with van der Waals surface area (Å²) in [7, 11) is 0. The standard InChI is InChI=1S/C13H24/c1-13-11-9-7-5-3-2-4-6-8-10-12-13/h1,13H,2-12H2. The van der Waals surface area contributed by atoms with Crippen LogP contribution in [0.2, 0.25) is 0 Å². The van der Waals surface area contributed by atoms with Gasteiger partial charge in [-0.25, -0.2) is 0 Å². The summed E-state index contributed by atoms with van der Waals surface area (Å²) in [6.45, 7) is 6.01. The third-order valence-corrected chi connectivity index (χ3v) is 3.15. The Morgan fingerprint density at radius 3 is 1.23 bits per heavy atom. The zero-order valence-corrected chi connectivity index (χ0v) is 8.93. The molecule has 0 heterocycles. The minimum absolute atomic E-state index is 0.499. The molecule has 76 valence electrons. The van der Waals surface area contributed by atoms with Crippen LogP contribution in [-0.4, -0.2) is 0 Å². The first-order valence-electron chi connectivity index (χ1n) is 6.15. The smallest absolute Gasteiger partial charge is 0.0318 e. The summed E-state index contributed by atoms with van der Waals surface area (Å²) in [5.41, 5.74) is 0. The van der Waals surface area contributed by atoms with Gasteiger partial charge in [0.2, 0.25) is 0 Å². The second-order valence-corrected chi connectivity index (χ2v) is 4.52. The van der Waals surface area contributed by atoms with Crippen molar-refractivity contribution in [1.29, 1.82) is 0 Å². The van der Waals surface area contributed by atoms with Gasteiger partial charge in [0.05, 0.1) is 0 Å². The van der Waals surface area contributed by atoms with Crippen LogP contribution in [-0.2, 0) is 0 Å². The van der Waals surface area contributed by atoms with Crippen LogP contribution in [0.3, 0.4) is 0 Å². The zero-order valence-electron chi connectivity index (χ0n) is 8.93. The SMILES string of the molecule is [CH]C1CCCCCCCCCCC1. The Balaban J connectivity index is 2.11. The molecule has 2 radical (unpaired) electrons. The third kappa shape index (κ3) is 6.12. The summed E-state index contributed by atoms with van der Waals surface area (Å²) >= 11 is 0. The van der Waals surface area contributed by atoms with E-state index >= 15 is 0 Å². The average molecular weight is 180 g/mol. The molecule has 1 aliphatic rings. The Hall–Kier alpha value is 0. The molecule has 0 atom stereocenters. The van der Waals surface area contributed by atoms with Crippen LogP contribution in [0.4, 0.5) is 0 Å². The van der Waals surface area contributed by atoms with Crippen LogP contribution in [0.1, 0.15) is 70.6 Å². The maximum absolute atomic E-state index is 6.01. The highest BCUT2D eigenvalue weighted by Gasteiger charge is 2.03. The summed E-state index contributed by atoms with van der Waals surface area (Å²) in [5.74, 6) is 0.499. The van der Waals surface area contributed by atoms with Gasteiger partial charge in [-0.3, -0.25) is 0 Å². The maximum atomic E-state index is 6.01. The van der Waals surface area contributed by atoms with E-state index in [1.165, 1.54) is 70.6 Å². The van der Waals surface area contributed by atoms with Gasteiger partial charge < -0.3 is 0 Å². The molecule has 1 fully saturated rings. The maximum Gasteiger partial charge on any atom is -0.0318 e. The highest BCUT2D eigenvalue weighted by atomic mass is 14.1. The highest BCUT2D eigenvalue weighted by Crippen LogP contribution is 2.19. The van der Waals surface area contributed by atoms with Crippen molar-refractivity contribution in [3.05, 3.63) is 6.92 Å². The molecule has 1 saturated carbocycles. The Morgan fingerprint density at radius 2 is 0.846 bits per heavy atom. The van der Waals surface area contributed by atoms with Crippen LogP contribution < -0.4 is 0 Å². The first kappa shape index (κ1) is 11.1. The first-order chi connectivity index (χ1) is 6.39. The van der Waals surface area contributed by atoms with E-state index in [2.05, 4.69) is 0 Å². The fourth-order valence-corrected chi connectivity index (χ4v) is 2.19. The second-order valence-electron chi connectivity index (χ2n) is 4.52. The summed E-state index contributed by atoms with van der Waals surface area (Å²) in [4.78, 5) is 0. The van der Waals surface area contributed by atoms with Gasteiger partial charge in [-0.05, 0) is 12.8 Å². The Bertz CT molecular complexity index is 94.6. The van der Waals surface area contributed by atoms with Crippen molar-refractivity contribution in [2.75, 3.05) is 0 Å². The van der Waals surface area contributed by atoms with Crippen LogP contribution in [0.5, 0.6) is 0 Å². The lowest BCUT2D eigenvalue weighted by Gasteiger charge is -2.12. The normalized spacial score (nSPS) is 24.7. The van der Waals surface area contributed by atoms with Gasteiger partial charge in [-0.15, -0.1) is 0 Å². The fourth-order valence-electron chi connectivity index (χ4n) is 2.19. The summed E-state index contributed by atoms with van der Waals surface area (Å²) in [6.07, 6.45) is 15.3. The lowest BCUT2D eigenvalue weighted by Crippen LogP contribution is -1.96. The molecule has 0 aromatic rings. The predicted octanol–water partition coefficient (Wildman–Crippen LogP) is 4.62. The van der Waals surface area contributed by atoms with Gasteiger partial charge >= 0.3 is 0 Å². The van der Waals surface area contributed by atoms with Gasteiger partial charge in [-0.2, -0.15) is 0 Å². The van der Waals surface area contributed by atoms with Gasteiger partial charge in [0.1, 0.15) is 0 Å². The van der Waals surface area contributed by atoms with Crippen molar-refractivity contribution in [1.82, 2.24) is 0 Å². The van der Waals surface area contributed by atoms with Gasteiger partial charge in [0.15, 0.2) is 0 Å². The van der Waals surface area contributed by atoms with Gasteiger partial charge in [0, 0.05) is 0 Å². The molecule has 0 heteroatoms. The minimum atomic E-state index is 0.499. The molecule has 0 aromatic heterocycles. The predicted molar refractivity (Wildman–Crippen MR) is 58.6 cm³/mol. The molecule has 1 aliphatic carbocycles. The van der Waals surface area contributed by atoms with Crippen molar-refractivity contribution < 1.29 is 0 Å². The van der Waals surface area contributed by atoms with Crippen molar-refractivity contribution in [3.8, 4) is 0 Å². The second kappa shape index (κ2) is 7.41. The lowest BCUT2D eigenvalue weighted by atomic mass is 9.94. The molecule has 0 N–H and O–H groups in total. The number of rotatable bonds is 0. The monoisotopic (exact) mass is 180 g/mol. The fraction of sp³-hybridized carbons (Fsp3) is 0.923. The summed E-state index contributed by atoms with van der Waals surface area (Å²) < 4.78 is 0. The van der Waals surface area contributed by atoms with E-state index < -0.39 is 0 Å². The van der Waals surface area contributed by atoms with E-state index in [0.717, 1.165) is 0 Å². The van der Waals surface area contributed by atoms with Crippen LogP contribution in [0.15, 0.2) is 0 Å². The Morgan fingerprint density at radius 1 is 0.538 bits per heavy atom. The van der Waals surface area contributed by atoms with E-state index in [4.69, 9.17) is 6.92 Å². The molecule has 13 heavy (non-hydrogen) atoms. The van der Waals surface area contributed by atoms with E-state index in [0.29, 0.717) is 5.92 Å². The van der Waals surface area contributed by atoms with Crippen molar-refractivity contribution in [2.24, 2.45) is 5.92 Å². The van der Waals surface area contributed by atoms with E-state index in [1.54, 1.807) is 0 Å². The van der Waals surface area contributed by atoms with Crippen molar-refractivity contribution >= 4 is 0 Å². The van der Waals surface area contributed by atoms with Crippen LogP contribution in [0.25, 0.3) is 0 Å². The number of hydrogen-bond donors (Lipinski definition) is 0. The van der Waals surface area contributed by atoms with Crippen molar-refractivity contribution in [3.63, 3.8) is 0 Å². The molecular formula is C13H24. The summed E-state index contributed by atoms with van der Waals surface area (Å²) in [5, 5.41) is 0. The Labute approximate surface area is 84.1 Å². The molecule has 1 rings (SSSR count). The average Bonchev–Trinajstić information content (AvgIpc) is 2.11. The first-order valence-corrected chi connectivity index (χ1v) is 6.15.